The lowest BCUT2D eigenvalue weighted by Crippen LogP contribution is -2.44. The Bertz CT molecular complexity index is 983. The molecule has 0 atom stereocenters. The Morgan fingerprint density at radius 3 is 2.72 bits per heavy atom. The van der Waals surface area contributed by atoms with Gasteiger partial charge in [-0.25, -0.2) is 4.79 Å². The Morgan fingerprint density at radius 2 is 2.07 bits per heavy atom. The number of nitrogens with one attached hydrogen (secondary N) is 2. The van der Waals surface area contributed by atoms with Gasteiger partial charge in [0.25, 0.3) is 5.56 Å². The predicted molar refractivity (Wildman–Crippen MR) is 122 cm³/mol. The summed E-state index contributed by atoms with van der Waals surface area (Å²) in [5, 5.41) is 3.50. The summed E-state index contributed by atoms with van der Waals surface area (Å²) in [5.74, 6) is 0.0911. The van der Waals surface area contributed by atoms with Gasteiger partial charge in [0, 0.05) is 25.9 Å². The van der Waals surface area contributed by atoms with Crippen molar-refractivity contribution in [3.8, 4) is 0 Å². The summed E-state index contributed by atoms with van der Waals surface area (Å²) in [6, 6.07) is 5.98. The van der Waals surface area contributed by atoms with Gasteiger partial charge in [-0.15, -0.1) is 0 Å². The van der Waals surface area contributed by atoms with Crippen molar-refractivity contribution in [1.29, 1.82) is 0 Å². The fraction of sp³-hybridized carbons (Fsp3) is 0.450. The van der Waals surface area contributed by atoms with Gasteiger partial charge in [0.2, 0.25) is 0 Å². The predicted octanol–water partition coefficient (Wildman–Crippen LogP) is 2.39. The number of aromatic nitrogens is 2. The number of nitrogens with two attached hydrogens (primary N) is 1. The van der Waals surface area contributed by atoms with Gasteiger partial charge < -0.3 is 20.7 Å². The van der Waals surface area contributed by atoms with E-state index in [1.807, 2.05) is 39.0 Å². The van der Waals surface area contributed by atoms with E-state index >= 15 is 0 Å². The molecule has 0 fully saturated rings. The lowest BCUT2D eigenvalue weighted by molar-refractivity contribution is 0.208. The minimum Gasteiger partial charge on any atom is -0.383 e. The standard InChI is InChI=1S/C20H29N5O3S/c1-5-6-9-25-17(21)16(18(26)23-19(25)27)24(10-11-28-4)20(29)22-15-12-13(2)7-8-14(15)3/h7-8,12H,5-6,9-11,21H2,1-4H3,(H,22,29)(H,23,26,27). The lowest BCUT2D eigenvalue weighted by Gasteiger charge is -2.27. The van der Waals surface area contributed by atoms with Crippen LogP contribution in [-0.2, 0) is 11.3 Å². The first-order valence-corrected chi connectivity index (χ1v) is 9.98. The SMILES string of the molecule is CCCCn1c(N)c(N(CCOC)C(=S)Nc2cc(C)ccc2C)c(=O)[nH]c1=O. The highest BCUT2D eigenvalue weighted by Crippen LogP contribution is 2.21. The average molecular weight is 420 g/mol. The molecule has 1 heterocycles. The highest BCUT2D eigenvalue weighted by atomic mass is 32.1. The Morgan fingerprint density at radius 1 is 1.34 bits per heavy atom. The zero-order valence-electron chi connectivity index (χ0n) is 17.4. The molecule has 8 nitrogen and oxygen atoms in total. The molecule has 1 aromatic carbocycles. The number of aryl methyl sites for hydroxylation is 2. The molecule has 158 valence electrons. The van der Waals surface area contributed by atoms with Gasteiger partial charge in [0.15, 0.2) is 10.8 Å². The highest BCUT2D eigenvalue weighted by molar-refractivity contribution is 7.80. The van der Waals surface area contributed by atoms with Crippen molar-refractivity contribution >= 4 is 34.5 Å². The molecular formula is C20H29N5O3S. The van der Waals surface area contributed by atoms with Crippen LogP contribution in [0, 0.1) is 13.8 Å². The van der Waals surface area contributed by atoms with Gasteiger partial charge in [0.05, 0.1) is 6.61 Å². The van der Waals surface area contributed by atoms with Gasteiger partial charge in [-0.3, -0.25) is 14.3 Å². The van der Waals surface area contributed by atoms with Crippen molar-refractivity contribution in [2.75, 3.05) is 36.2 Å². The number of hydrogen-bond donors (Lipinski definition) is 3. The van der Waals surface area contributed by atoms with Crippen LogP contribution in [0.2, 0.25) is 0 Å². The van der Waals surface area contributed by atoms with E-state index in [1.54, 1.807) is 12.0 Å². The quantitative estimate of drug-likeness (QED) is 0.564. The van der Waals surface area contributed by atoms with Crippen LogP contribution in [0.5, 0.6) is 0 Å². The molecule has 0 spiro atoms. The minimum atomic E-state index is -0.582. The van der Waals surface area contributed by atoms with Gasteiger partial charge >= 0.3 is 5.69 Å². The van der Waals surface area contributed by atoms with E-state index in [1.165, 1.54) is 4.57 Å². The second kappa shape index (κ2) is 10.2. The van der Waals surface area contributed by atoms with E-state index < -0.39 is 11.2 Å². The van der Waals surface area contributed by atoms with Crippen LogP contribution in [0.4, 0.5) is 17.2 Å². The molecule has 0 amide bonds. The van der Waals surface area contributed by atoms with E-state index in [-0.39, 0.29) is 11.5 Å². The number of rotatable bonds is 8. The highest BCUT2D eigenvalue weighted by Gasteiger charge is 2.22. The molecule has 4 N–H and O–H groups in total. The first-order chi connectivity index (χ1) is 13.8. The third-order valence-corrected chi connectivity index (χ3v) is 4.94. The summed E-state index contributed by atoms with van der Waals surface area (Å²) in [4.78, 5) is 28.8. The van der Waals surface area contributed by atoms with Crippen LogP contribution in [0.15, 0.2) is 27.8 Å². The molecule has 29 heavy (non-hydrogen) atoms. The van der Waals surface area contributed by atoms with Crippen LogP contribution >= 0.6 is 12.2 Å². The number of unbranched alkanes of at least 4 members (excludes halogenated alkanes) is 1. The maximum absolute atomic E-state index is 12.7. The Balaban J connectivity index is 2.49. The summed E-state index contributed by atoms with van der Waals surface area (Å²) in [6.07, 6.45) is 1.65. The fourth-order valence-electron chi connectivity index (χ4n) is 2.93. The molecule has 0 bridgehead atoms. The molecule has 2 aromatic rings. The van der Waals surface area contributed by atoms with Crippen LogP contribution in [0.25, 0.3) is 0 Å². The first-order valence-electron chi connectivity index (χ1n) is 9.57. The Labute approximate surface area is 175 Å². The van der Waals surface area contributed by atoms with Crippen LogP contribution < -0.4 is 27.2 Å². The third kappa shape index (κ3) is 5.45. The molecule has 0 saturated carbocycles. The van der Waals surface area contributed by atoms with E-state index in [4.69, 9.17) is 22.7 Å². The first kappa shape index (κ1) is 22.6. The summed E-state index contributed by atoms with van der Waals surface area (Å²) < 4.78 is 6.56. The Hall–Kier alpha value is -2.65. The summed E-state index contributed by atoms with van der Waals surface area (Å²) in [5.41, 5.74) is 8.22. The molecule has 0 radical (unpaired) electrons. The molecule has 0 aliphatic heterocycles. The second-order valence-corrected chi connectivity index (χ2v) is 7.28. The van der Waals surface area contributed by atoms with Gasteiger partial charge in [-0.2, -0.15) is 0 Å². The van der Waals surface area contributed by atoms with Crippen molar-refractivity contribution in [1.82, 2.24) is 9.55 Å². The summed E-state index contributed by atoms with van der Waals surface area (Å²) in [7, 11) is 1.56. The number of hydrogen-bond acceptors (Lipinski definition) is 5. The number of nitrogen functional groups attached to an aromatic ring is 1. The molecule has 0 unspecified atom stereocenters. The van der Waals surface area contributed by atoms with Crippen molar-refractivity contribution in [2.45, 2.75) is 40.2 Å². The topological polar surface area (TPSA) is 105 Å². The van der Waals surface area contributed by atoms with Gasteiger partial charge in [0.1, 0.15) is 5.82 Å². The number of thiocarbonyl (C=S) groups is 1. The number of nitrogens with zero attached hydrogens (tertiary/aromatic N) is 2. The zero-order valence-corrected chi connectivity index (χ0v) is 18.2. The number of aromatic amines is 1. The van der Waals surface area contributed by atoms with Crippen LogP contribution in [0.1, 0.15) is 30.9 Å². The number of H-pyrrole nitrogens is 1. The normalized spacial score (nSPS) is 10.8. The van der Waals surface area contributed by atoms with Crippen LogP contribution in [0.3, 0.4) is 0 Å². The zero-order chi connectivity index (χ0) is 21.6. The Kier molecular flexibility index (Phi) is 7.98. The number of benzene rings is 1. The lowest BCUT2D eigenvalue weighted by atomic mass is 10.1. The minimum absolute atomic E-state index is 0.0911. The van der Waals surface area contributed by atoms with E-state index in [0.29, 0.717) is 24.8 Å². The smallest absolute Gasteiger partial charge is 0.330 e. The number of methoxy groups -OCH3 is 1. The molecule has 1 aromatic heterocycles. The number of anilines is 3. The largest absolute Gasteiger partial charge is 0.383 e. The molecule has 0 saturated heterocycles. The second-order valence-electron chi connectivity index (χ2n) is 6.89. The molecular weight excluding hydrogens is 390 g/mol. The summed E-state index contributed by atoms with van der Waals surface area (Å²) in [6.45, 7) is 7.01. The molecule has 9 heteroatoms. The van der Waals surface area contributed by atoms with Crippen LogP contribution in [-0.4, -0.2) is 34.9 Å². The number of ether oxygens (including phenoxy) is 1. The average Bonchev–Trinajstić information content (AvgIpc) is 2.66. The van der Waals surface area contributed by atoms with Crippen molar-refractivity contribution in [2.24, 2.45) is 0 Å². The van der Waals surface area contributed by atoms with Gasteiger partial charge in [-0.1, -0.05) is 25.5 Å². The van der Waals surface area contributed by atoms with E-state index in [2.05, 4.69) is 10.3 Å². The van der Waals surface area contributed by atoms with Crippen molar-refractivity contribution in [3.63, 3.8) is 0 Å². The van der Waals surface area contributed by atoms with Crippen molar-refractivity contribution < 1.29 is 4.74 Å². The van der Waals surface area contributed by atoms with E-state index in [0.717, 1.165) is 29.7 Å². The van der Waals surface area contributed by atoms with E-state index in [9.17, 15) is 9.59 Å². The summed E-state index contributed by atoms with van der Waals surface area (Å²) >= 11 is 5.60. The third-order valence-electron chi connectivity index (χ3n) is 4.62. The fourth-order valence-corrected chi connectivity index (χ4v) is 3.22. The monoisotopic (exact) mass is 419 g/mol. The maximum atomic E-state index is 12.7. The molecule has 0 aliphatic rings. The molecule has 0 aliphatic carbocycles. The van der Waals surface area contributed by atoms with Crippen molar-refractivity contribution in [3.05, 3.63) is 50.2 Å². The van der Waals surface area contributed by atoms with Gasteiger partial charge in [-0.05, 0) is 49.7 Å². The maximum Gasteiger partial charge on any atom is 0.330 e. The molecule has 2 rings (SSSR count).